The summed E-state index contributed by atoms with van der Waals surface area (Å²) in [5.41, 5.74) is 7.05. The molecule has 1 atom stereocenters. The standard InChI is InChI=1S/C13H18BrNO2.ClH/c1-17-10-7-6-9(14)11(13(10)16)12(15)8-4-2-3-5-8;/h6-8,12,16H,2-5,15H2,1H3;1H/t12-;/m0./s1. The summed E-state index contributed by atoms with van der Waals surface area (Å²) in [6.45, 7) is 0. The molecule has 102 valence electrons. The lowest BCUT2D eigenvalue weighted by Gasteiger charge is -2.22. The Morgan fingerprint density at radius 3 is 2.56 bits per heavy atom. The maximum absolute atomic E-state index is 10.2. The Kier molecular flexibility index (Phi) is 5.76. The third kappa shape index (κ3) is 2.92. The largest absolute Gasteiger partial charge is 0.504 e. The van der Waals surface area contributed by atoms with Crippen LogP contribution in [0.4, 0.5) is 0 Å². The fourth-order valence-corrected chi connectivity index (χ4v) is 3.18. The first-order chi connectivity index (χ1) is 8.15. The molecule has 0 aromatic heterocycles. The summed E-state index contributed by atoms with van der Waals surface area (Å²) in [4.78, 5) is 0. The average Bonchev–Trinajstić information content (AvgIpc) is 2.82. The molecule has 0 bridgehead atoms. The summed E-state index contributed by atoms with van der Waals surface area (Å²) >= 11 is 3.46. The van der Waals surface area contributed by atoms with Gasteiger partial charge in [-0.25, -0.2) is 0 Å². The molecule has 18 heavy (non-hydrogen) atoms. The SMILES string of the molecule is COc1ccc(Br)c([C@@H](N)C2CCCC2)c1O.Cl. The number of benzene rings is 1. The summed E-state index contributed by atoms with van der Waals surface area (Å²) < 4.78 is 5.98. The van der Waals surface area contributed by atoms with Gasteiger partial charge in [-0.2, -0.15) is 0 Å². The molecule has 1 aromatic carbocycles. The summed E-state index contributed by atoms with van der Waals surface area (Å²) in [6, 6.07) is 3.49. The van der Waals surface area contributed by atoms with E-state index >= 15 is 0 Å². The smallest absolute Gasteiger partial charge is 0.163 e. The molecular formula is C13H19BrClNO2. The quantitative estimate of drug-likeness (QED) is 0.883. The molecule has 0 amide bonds. The predicted molar refractivity (Wildman–Crippen MR) is 78.5 cm³/mol. The number of methoxy groups -OCH3 is 1. The minimum absolute atomic E-state index is 0. The number of phenolic OH excluding ortho intramolecular Hbond substituents is 1. The van der Waals surface area contributed by atoms with Gasteiger partial charge in [-0.1, -0.05) is 28.8 Å². The fourth-order valence-electron chi connectivity index (χ4n) is 2.60. The van der Waals surface area contributed by atoms with Crippen molar-refractivity contribution in [1.82, 2.24) is 0 Å². The van der Waals surface area contributed by atoms with E-state index in [0.717, 1.165) is 22.9 Å². The second kappa shape index (κ2) is 6.64. The zero-order valence-electron chi connectivity index (χ0n) is 10.4. The van der Waals surface area contributed by atoms with E-state index in [2.05, 4.69) is 15.9 Å². The Morgan fingerprint density at radius 1 is 1.39 bits per heavy atom. The Hall–Kier alpha value is -0.450. The van der Waals surface area contributed by atoms with Crippen LogP contribution in [0, 0.1) is 5.92 Å². The van der Waals surface area contributed by atoms with Gasteiger partial charge in [0.25, 0.3) is 0 Å². The molecule has 0 saturated heterocycles. The van der Waals surface area contributed by atoms with Gasteiger partial charge in [0.15, 0.2) is 11.5 Å². The third-order valence-electron chi connectivity index (χ3n) is 3.59. The number of ether oxygens (including phenoxy) is 1. The van der Waals surface area contributed by atoms with Crippen molar-refractivity contribution < 1.29 is 9.84 Å². The minimum Gasteiger partial charge on any atom is -0.504 e. The van der Waals surface area contributed by atoms with Crippen molar-refractivity contribution in [2.24, 2.45) is 11.7 Å². The topological polar surface area (TPSA) is 55.5 Å². The lowest BCUT2D eigenvalue weighted by atomic mass is 9.92. The minimum atomic E-state index is -0.123. The molecule has 0 radical (unpaired) electrons. The maximum atomic E-state index is 10.2. The van der Waals surface area contributed by atoms with E-state index in [-0.39, 0.29) is 24.2 Å². The molecule has 0 heterocycles. The zero-order chi connectivity index (χ0) is 12.4. The Labute approximate surface area is 122 Å². The van der Waals surface area contributed by atoms with E-state index in [1.165, 1.54) is 12.8 Å². The number of phenols is 1. The Balaban J connectivity index is 0.00000162. The highest BCUT2D eigenvalue weighted by molar-refractivity contribution is 9.10. The van der Waals surface area contributed by atoms with Crippen LogP contribution in [0.15, 0.2) is 16.6 Å². The normalized spacial score (nSPS) is 17.3. The molecule has 1 saturated carbocycles. The lowest BCUT2D eigenvalue weighted by molar-refractivity contribution is 0.359. The van der Waals surface area contributed by atoms with Crippen LogP contribution >= 0.6 is 28.3 Å². The van der Waals surface area contributed by atoms with Crippen LogP contribution in [-0.2, 0) is 0 Å². The zero-order valence-corrected chi connectivity index (χ0v) is 12.8. The van der Waals surface area contributed by atoms with E-state index < -0.39 is 0 Å². The van der Waals surface area contributed by atoms with Gasteiger partial charge in [-0.15, -0.1) is 12.4 Å². The van der Waals surface area contributed by atoms with Crippen LogP contribution < -0.4 is 10.5 Å². The molecule has 1 aliphatic carbocycles. The summed E-state index contributed by atoms with van der Waals surface area (Å²) in [5.74, 6) is 1.11. The van der Waals surface area contributed by atoms with Crippen molar-refractivity contribution >= 4 is 28.3 Å². The lowest BCUT2D eigenvalue weighted by Crippen LogP contribution is -2.19. The van der Waals surface area contributed by atoms with Gasteiger partial charge in [0.1, 0.15) is 0 Å². The number of hydrogen-bond donors (Lipinski definition) is 2. The van der Waals surface area contributed by atoms with E-state index in [1.54, 1.807) is 13.2 Å². The van der Waals surface area contributed by atoms with Gasteiger partial charge in [0.2, 0.25) is 0 Å². The van der Waals surface area contributed by atoms with Crippen LogP contribution in [0.1, 0.15) is 37.3 Å². The van der Waals surface area contributed by atoms with Crippen LogP contribution in [0.5, 0.6) is 11.5 Å². The van der Waals surface area contributed by atoms with E-state index in [0.29, 0.717) is 11.7 Å². The first-order valence-corrected chi connectivity index (χ1v) is 6.75. The molecule has 0 spiro atoms. The highest BCUT2D eigenvalue weighted by Gasteiger charge is 2.27. The summed E-state index contributed by atoms with van der Waals surface area (Å²) in [7, 11) is 1.55. The second-order valence-electron chi connectivity index (χ2n) is 4.58. The molecule has 1 fully saturated rings. The number of hydrogen-bond acceptors (Lipinski definition) is 3. The van der Waals surface area contributed by atoms with E-state index in [1.807, 2.05) is 6.07 Å². The van der Waals surface area contributed by atoms with Crippen molar-refractivity contribution in [3.05, 3.63) is 22.2 Å². The first-order valence-electron chi connectivity index (χ1n) is 5.96. The number of halogens is 2. The van der Waals surface area contributed by atoms with Crippen LogP contribution in [-0.4, -0.2) is 12.2 Å². The second-order valence-corrected chi connectivity index (χ2v) is 5.44. The van der Waals surface area contributed by atoms with Crippen LogP contribution in [0.2, 0.25) is 0 Å². The van der Waals surface area contributed by atoms with Crippen molar-refractivity contribution in [3.8, 4) is 11.5 Å². The van der Waals surface area contributed by atoms with Crippen molar-refractivity contribution in [2.75, 3.05) is 7.11 Å². The van der Waals surface area contributed by atoms with Crippen molar-refractivity contribution in [1.29, 1.82) is 0 Å². The molecule has 3 nitrogen and oxygen atoms in total. The molecule has 0 unspecified atom stereocenters. The van der Waals surface area contributed by atoms with E-state index in [9.17, 15) is 5.11 Å². The Bertz CT molecular complexity index is 408. The first kappa shape index (κ1) is 15.6. The van der Waals surface area contributed by atoms with Crippen LogP contribution in [0.25, 0.3) is 0 Å². The number of rotatable bonds is 3. The number of nitrogens with two attached hydrogens (primary N) is 1. The van der Waals surface area contributed by atoms with Crippen molar-refractivity contribution in [2.45, 2.75) is 31.7 Å². The average molecular weight is 337 g/mol. The van der Waals surface area contributed by atoms with Gasteiger partial charge in [0, 0.05) is 16.1 Å². The molecule has 5 heteroatoms. The van der Waals surface area contributed by atoms with E-state index in [4.69, 9.17) is 10.5 Å². The molecule has 2 rings (SSSR count). The van der Waals surface area contributed by atoms with Gasteiger partial charge in [-0.05, 0) is 30.9 Å². The monoisotopic (exact) mass is 335 g/mol. The molecule has 3 N–H and O–H groups in total. The van der Waals surface area contributed by atoms with Gasteiger partial charge in [-0.3, -0.25) is 0 Å². The molecule has 1 aliphatic rings. The molecular weight excluding hydrogens is 318 g/mol. The third-order valence-corrected chi connectivity index (χ3v) is 4.28. The van der Waals surface area contributed by atoms with Gasteiger partial charge < -0.3 is 15.6 Å². The highest BCUT2D eigenvalue weighted by atomic mass is 79.9. The predicted octanol–water partition coefficient (Wildman–Crippen LogP) is 3.78. The van der Waals surface area contributed by atoms with Crippen molar-refractivity contribution in [3.63, 3.8) is 0 Å². The maximum Gasteiger partial charge on any atom is 0.163 e. The van der Waals surface area contributed by atoms with Gasteiger partial charge in [0.05, 0.1) is 7.11 Å². The summed E-state index contributed by atoms with van der Waals surface area (Å²) in [6.07, 6.45) is 4.76. The highest BCUT2D eigenvalue weighted by Crippen LogP contribution is 2.43. The molecule has 0 aliphatic heterocycles. The molecule has 1 aromatic rings. The number of aromatic hydroxyl groups is 1. The Morgan fingerprint density at radius 2 is 2.00 bits per heavy atom. The summed E-state index contributed by atoms with van der Waals surface area (Å²) in [5, 5.41) is 10.2. The van der Waals surface area contributed by atoms with Crippen LogP contribution in [0.3, 0.4) is 0 Å². The fraction of sp³-hybridized carbons (Fsp3) is 0.538. The van der Waals surface area contributed by atoms with Gasteiger partial charge >= 0.3 is 0 Å².